The molecule has 21 heavy (non-hydrogen) atoms. The van der Waals surface area contributed by atoms with E-state index in [0.29, 0.717) is 12.0 Å². The van der Waals surface area contributed by atoms with Gasteiger partial charge in [0.1, 0.15) is 5.75 Å². The first-order valence-electron chi connectivity index (χ1n) is 7.23. The van der Waals surface area contributed by atoms with Crippen LogP contribution < -0.4 is 0 Å². The Morgan fingerprint density at radius 1 is 1.14 bits per heavy atom. The molecule has 0 aromatic heterocycles. The van der Waals surface area contributed by atoms with Gasteiger partial charge in [-0.2, -0.15) is 0 Å². The van der Waals surface area contributed by atoms with Gasteiger partial charge in [-0.15, -0.1) is 0 Å². The van der Waals surface area contributed by atoms with Gasteiger partial charge in [-0.05, 0) is 30.0 Å². The number of benzene rings is 1. The maximum absolute atomic E-state index is 11.4. The van der Waals surface area contributed by atoms with Crippen LogP contribution in [0.3, 0.4) is 0 Å². The number of hydrogen-bond donors (Lipinski definition) is 3. The minimum atomic E-state index is -1.34. The molecular formula is C16H22O5. The maximum Gasteiger partial charge on any atom is 0.336 e. The van der Waals surface area contributed by atoms with Gasteiger partial charge in [0, 0.05) is 0 Å². The van der Waals surface area contributed by atoms with Crippen LogP contribution in [0, 0.1) is 5.92 Å². The molecule has 1 aromatic carbocycles. The molecule has 0 radical (unpaired) electrons. The van der Waals surface area contributed by atoms with Crippen LogP contribution in [0.1, 0.15) is 65.8 Å². The van der Waals surface area contributed by atoms with Crippen molar-refractivity contribution in [1.82, 2.24) is 0 Å². The zero-order valence-corrected chi connectivity index (χ0v) is 12.4. The maximum atomic E-state index is 11.4. The second-order valence-electron chi connectivity index (χ2n) is 5.26. The molecule has 116 valence electrons. The highest BCUT2D eigenvalue weighted by Crippen LogP contribution is 2.27. The van der Waals surface area contributed by atoms with E-state index in [2.05, 4.69) is 6.92 Å². The molecule has 5 heteroatoms. The summed E-state index contributed by atoms with van der Waals surface area (Å²) in [6.45, 7) is 4.12. The third-order valence-corrected chi connectivity index (χ3v) is 3.70. The van der Waals surface area contributed by atoms with Crippen molar-refractivity contribution in [1.29, 1.82) is 0 Å². The zero-order chi connectivity index (χ0) is 16.0. The fourth-order valence-corrected chi connectivity index (χ4v) is 2.52. The van der Waals surface area contributed by atoms with Gasteiger partial charge in [-0.3, -0.25) is 0 Å². The van der Waals surface area contributed by atoms with Crippen LogP contribution in [0.2, 0.25) is 0 Å². The van der Waals surface area contributed by atoms with Crippen molar-refractivity contribution in [2.24, 2.45) is 5.92 Å². The molecule has 1 unspecified atom stereocenters. The van der Waals surface area contributed by atoms with Gasteiger partial charge in [-0.25, -0.2) is 9.59 Å². The van der Waals surface area contributed by atoms with E-state index >= 15 is 0 Å². The largest absolute Gasteiger partial charge is 0.508 e. The van der Waals surface area contributed by atoms with E-state index in [1.165, 1.54) is 6.07 Å². The van der Waals surface area contributed by atoms with Crippen molar-refractivity contribution in [3.63, 3.8) is 0 Å². The van der Waals surface area contributed by atoms with Crippen molar-refractivity contribution in [3.05, 3.63) is 28.8 Å². The highest BCUT2D eigenvalue weighted by atomic mass is 16.4. The van der Waals surface area contributed by atoms with Gasteiger partial charge in [0.15, 0.2) is 0 Å². The standard InChI is InChI=1S/C16H22O5/c1-3-5-6-10(4-2)7-11-8-12(17)9-13(15(18)19)14(11)16(20)21/h8-10,17H,3-7H2,1-2H3,(H,18,19)(H,20,21). The summed E-state index contributed by atoms with van der Waals surface area (Å²) in [5, 5.41) is 28.1. The molecule has 0 fully saturated rings. The van der Waals surface area contributed by atoms with Crippen LogP contribution in [0.5, 0.6) is 5.75 Å². The summed E-state index contributed by atoms with van der Waals surface area (Å²) in [5.74, 6) is -2.54. The fraction of sp³-hybridized carbons (Fsp3) is 0.500. The summed E-state index contributed by atoms with van der Waals surface area (Å²) in [6, 6.07) is 2.35. The SMILES string of the molecule is CCCCC(CC)Cc1cc(O)cc(C(=O)O)c1C(=O)O. The highest BCUT2D eigenvalue weighted by Gasteiger charge is 2.23. The van der Waals surface area contributed by atoms with Gasteiger partial charge >= 0.3 is 11.9 Å². The Bertz CT molecular complexity index is 522. The van der Waals surface area contributed by atoms with Crippen molar-refractivity contribution in [2.45, 2.75) is 46.0 Å². The second kappa shape index (κ2) is 7.67. The van der Waals surface area contributed by atoms with Gasteiger partial charge < -0.3 is 15.3 Å². The Hall–Kier alpha value is -2.04. The number of carboxylic acids is 2. The summed E-state index contributed by atoms with van der Waals surface area (Å²) in [5.41, 5.74) is -0.180. The minimum Gasteiger partial charge on any atom is -0.508 e. The van der Waals surface area contributed by atoms with E-state index in [-0.39, 0.29) is 22.8 Å². The van der Waals surface area contributed by atoms with Gasteiger partial charge in [0.25, 0.3) is 0 Å². The van der Waals surface area contributed by atoms with E-state index in [4.69, 9.17) is 5.11 Å². The number of hydrogen-bond acceptors (Lipinski definition) is 3. The van der Waals surface area contributed by atoms with Crippen LogP contribution in [0.4, 0.5) is 0 Å². The van der Waals surface area contributed by atoms with Crippen LogP contribution in [-0.4, -0.2) is 27.3 Å². The number of carboxylic acid groups (broad SMARTS) is 2. The smallest absolute Gasteiger partial charge is 0.336 e. The minimum absolute atomic E-state index is 0.210. The molecule has 5 nitrogen and oxygen atoms in total. The first kappa shape index (κ1) is 17.0. The number of carbonyl (C=O) groups is 2. The molecule has 0 bridgehead atoms. The van der Waals surface area contributed by atoms with E-state index in [1.54, 1.807) is 0 Å². The lowest BCUT2D eigenvalue weighted by atomic mass is 9.88. The van der Waals surface area contributed by atoms with Crippen molar-refractivity contribution >= 4 is 11.9 Å². The predicted octanol–water partition coefficient (Wildman–Crippen LogP) is 3.55. The van der Waals surface area contributed by atoms with Crippen molar-refractivity contribution < 1.29 is 24.9 Å². The molecule has 1 rings (SSSR count). The predicted molar refractivity (Wildman–Crippen MR) is 79.0 cm³/mol. The van der Waals surface area contributed by atoms with E-state index in [1.807, 2.05) is 6.92 Å². The van der Waals surface area contributed by atoms with E-state index in [9.17, 15) is 19.8 Å². The molecule has 1 atom stereocenters. The second-order valence-corrected chi connectivity index (χ2v) is 5.26. The van der Waals surface area contributed by atoms with Crippen LogP contribution in [0.25, 0.3) is 0 Å². The Balaban J connectivity index is 3.20. The lowest BCUT2D eigenvalue weighted by Crippen LogP contribution is -2.14. The van der Waals surface area contributed by atoms with Crippen LogP contribution >= 0.6 is 0 Å². The fourth-order valence-electron chi connectivity index (χ4n) is 2.52. The summed E-state index contributed by atoms with van der Waals surface area (Å²) >= 11 is 0. The lowest BCUT2D eigenvalue weighted by Gasteiger charge is -2.17. The molecule has 0 spiro atoms. The first-order valence-corrected chi connectivity index (χ1v) is 7.23. The molecule has 1 aromatic rings. The molecule has 0 aliphatic rings. The molecule has 0 aliphatic heterocycles. The highest BCUT2D eigenvalue weighted by molar-refractivity contribution is 6.03. The van der Waals surface area contributed by atoms with Crippen LogP contribution in [-0.2, 0) is 6.42 Å². The third kappa shape index (κ3) is 4.48. The van der Waals surface area contributed by atoms with Gasteiger partial charge in [-0.1, -0.05) is 39.5 Å². The molecule has 3 N–H and O–H groups in total. The Kier molecular flexibility index (Phi) is 6.21. The molecule has 0 aliphatic carbocycles. The number of phenolic OH excluding ortho intramolecular Hbond substituents is 1. The number of aromatic carboxylic acids is 2. The normalized spacial score (nSPS) is 12.1. The molecule has 0 amide bonds. The number of phenols is 1. The average molecular weight is 294 g/mol. The van der Waals surface area contributed by atoms with Gasteiger partial charge in [0.2, 0.25) is 0 Å². The Labute approximate surface area is 124 Å². The molecular weight excluding hydrogens is 272 g/mol. The number of aromatic hydroxyl groups is 1. The monoisotopic (exact) mass is 294 g/mol. The average Bonchev–Trinajstić information content (AvgIpc) is 2.42. The molecule has 0 saturated carbocycles. The number of rotatable bonds is 8. The van der Waals surface area contributed by atoms with Crippen molar-refractivity contribution in [2.75, 3.05) is 0 Å². The zero-order valence-electron chi connectivity index (χ0n) is 12.4. The van der Waals surface area contributed by atoms with E-state index < -0.39 is 11.9 Å². The number of unbranched alkanes of at least 4 members (excludes halogenated alkanes) is 1. The van der Waals surface area contributed by atoms with Crippen LogP contribution in [0.15, 0.2) is 12.1 Å². The van der Waals surface area contributed by atoms with Gasteiger partial charge in [0.05, 0.1) is 11.1 Å². The summed E-state index contributed by atoms with van der Waals surface area (Å²) in [7, 11) is 0. The third-order valence-electron chi connectivity index (χ3n) is 3.70. The Morgan fingerprint density at radius 2 is 1.81 bits per heavy atom. The van der Waals surface area contributed by atoms with Crippen molar-refractivity contribution in [3.8, 4) is 5.75 Å². The Morgan fingerprint density at radius 3 is 2.29 bits per heavy atom. The summed E-state index contributed by atoms with van der Waals surface area (Å²) < 4.78 is 0. The summed E-state index contributed by atoms with van der Waals surface area (Å²) in [4.78, 5) is 22.6. The molecule has 0 heterocycles. The summed E-state index contributed by atoms with van der Waals surface area (Å²) in [6.07, 6.45) is 4.42. The quantitative estimate of drug-likeness (QED) is 0.681. The first-order chi connectivity index (χ1) is 9.90. The van der Waals surface area contributed by atoms with E-state index in [0.717, 1.165) is 31.7 Å². The molecule has 0 saturated heterocycles. The topological polar surface area (TPSA) is 94.8 Å². The lowest BCUT2D eigenvalue weighted by molar-refractivity contribution is 0.0650.